The van der Waals surface area contributed by atoms with Crippen molar-refractivity contribution in [1.29, 1.82) is 0 Å². The van der Waals surface area contributed by atoms with Crippen molar-refractivity contribution in [2.75, 3.05) is 0 Å². The van der Waals surface area contributed by atoms with Crippen molar-refractivity contribution in [2.45, 2.75) is 46.1 Å². The van der Waals surface area contributed by atoms with Crippen LogP contribution in [-0.2, 0) is 6.42 Å². The highest BCUT2D eigenvalue weighted by molar-refractivity contribution is 5.63. The molecule has 1 heterocycles. The number of unbranched alkanes of at least 4 members (excludes halogenated alkanes) is 1. The van der Waals surface area contributed by atoms with Crippen LogP contribution in [0.5, 0.6) is 0 Å². The van der Waals surface area contributed by atoms with Crippen LogP contribution < -0.4 is 0 Å². The molecule has 0 fully saturated rings. The molecule has 0 atom stereocenters. The normalized spacial score (nSPS) is 11.2. The summed E-state index contributed by atoms with van der Waals surface area (Å²) in [5.41, 5.74) is 2.72. The topological polar surface area (TPSA) is 17.8 Å². The van der Waals surface area contributed by atoms with E-state index in [-0.39, 0.29) is 12.0 Å². The van der Waals surface area contributed by atoms with Gasteiger partial charge in [0.15, 0.2) is 0 Å². The van der Waals surface area contributed by atoms with E-state index in [1.165, 1.54) is 0 Å². The fraction of sp³-hybridized carbons (Fsp3) is 0.438. The van der Waals surface area contributed by atoms with Gasteiger partial charge in [-0.25, -0.2) is 0 Å². The molecule has 0 radical (unpaired) electrons. The lowest BCUT2D eigenvalue weighted by Crippen LogP contribution is -2.05. The standard InChI is InChI=1S/C16H21FN2/c1-4-5-11-14-15(13-9-7-6-8-10-13)19(12(2)3)18-16(14)17/h6-10,12H,4-5,11H2,1-3H3. The van der Waals surface area contributed by atoms with Crippen LogP contribution in [0.4, 0.5) is 4.39 Å². The predicted molar refractivity (Wildman–Crippen MR) is 76.6 cm³/mol. The van der Waals surface area contributed by atoms with Crippen LogP contribution >= 0.6 is 0 Å². The van der Waals surface area contributed by atoms with Crippen LogP contribution in [0.15, 0.2) is 30.3 Å². The van der Waals surface area contributed by atoms with Gasteiger partial charge >= 0.3 is 0 Å². The predicted octanol–water partition coefficient (Wildman–Crippen LogP) is 4.61. The molecule has 2 nitrogen and oxygen atoms in total. The minimum absolute atomic E-state index is 0.153. The highest BCUT2D eigenvalue weighted by Crippen LogP contribution is 2.29. The van der Waals surface area contributed by atoms with Crippen LogP contribution in [0.1, 0.15) is 45.2 Å². The lowest BCUT2D eigenvalue weighted by molar-refractivity contribution is 0.482. The molecule has 0 aliphatic rings. The third kappa shape index (κ3) is 2.86. The average Bonchev–Trinajstić information content (AvgIpc) is 2.74. The second kappa shape index (κ2) is 6.00. The van der Waals surface area contributed by atoms with Crippen molar-refractivity contribution in [3.05, 3.63) is 41.8 Å². The van der Waals surface area contributed by atoms with E-state index >= 15 is 0 Å². The van der Waals surface area contributed by atoms with Crippen LogP contribution in [0.3, 0.4) is 0 Å². The molecule has 0 bridgehead atoms. The zero-order valence-electron chi connectivity index (χ0n) is 11.9. The molecule has 3 heteroatoms. The van der Waals surface area contributed by atoms with E-state index in [2.05, 4.69) is 12.0 Å². The van der Waals surface area contributed by atoms with Gasteiger partial charge in [0.25, 0.3) is 0 Å². The molecular weight excluding hydrogens is 239 g/mol. The molecule has 0 spiro atoms. The Morgan fingerprint density at radius 2 is 1.89 bits per heavy atom. The van der Waals surface area contributed by atoms with Crippen molar-refractivity contribution in [1.82, 2.24) is 9.78 Å². The van der Waals surface area contributed by atoms with Gasteiger partial charge in [0.2, 0.25) is 5.95 Å². The summed E-state index contributed by atoms with van der Waals surface area (Å²) in [5, 5.41) is 4.09. The summed E-state index contributed by atoms with van der Waals surface area (Å²) in [6, 6.07) is 10.1. The number of nitrogens with zero attached hydrogens (tertiary/aromatic N) is 2. The molecule has 0 saturated heterocycles. The molecule has 19 heavy (non-hydrogen) atoms. The molecule has 1 aromatic carbocycles. The third-order valence-electron chi connectivity index (χ3n) is 3.28. The Hall–Kier alpha value is -1.64. The van der Waals surface area contributed by atoms with Crippen LogP contribution in [0.25, 0.3) is 11.3 Å². The van der Waals surface area contributed by atoms with Crippen molar-refractivity contribution in [3.63, 3.8) is 0 Å². The monoisotopic (exact) mass is 260 g/mol. The molecule has 0 aliphatic heterocycles. The van der Waals surface area contributed by atoms with Gasteiger partial charge in [-0.05, 0) is 26.7 Å². The highest BCUT2D eigenvalue weighted by atomic mass is 19.1. The zero-order valence-corrected chi connectivity index (χ0v) is 11.9. The molecule has 1 aromatic heterocycles. The maximum Gasteiger partial charge on any atom is 0.236 e. The summed E-state index contributed by atoms with van der Waals surface area (Å²) in [6.45, 7) is 6.18. The number of rotatable bonds is 5. The van der Waals surface area contributed by atoms with Crippen molar-refractivity contribution in [2.24, 2.45) is 0 Å². The van der Waals surface area contributed by atoms with E-state index < -0.39 is 0 Å². The van der Waals surface area contributed by atoms with E-state index in [0.717, 1.165) is 36.1 Å². The van der Waals surface area contributed by atoms with Gasteiger partial charge in [0.05, 0.1) is 5.69 Å². The lowest BCUT2D eigenvalue weighted by atomic mass is 10.0. The Morgan fingerprint density at radius 3 is 2.47 bits per heavy atom. The Bertz CT molecular complexity index is 529. The summed E-state index contributed by atoms with van der Waals surface area (Å²) >= 11 is 0. The largest absolute Gasteiger partial charge is 0.259 e. The second-order valence-electron chi connectivity index (χ2n) is 5.13. The van der Waals surface area contributed by atoms with Gasteiger partial charge in [-0.15, -0.1) is 5.10 Å². The molecule has 102 valence electrons. The average molecular weight is 260 g/mol. The lowest BCUT2D eigenvalue weighted by Gasteiger charge is -2.12. The summed E-state index contributed by atoms with van der Waals surface area (Å²) < 4.78 is 15.9. The summed E-state index contributed by atoms with van der Waals surface area (Å²) in [7, 11) is 0. The van der Waals surface area contributed by atoms with Crippen molar-refractivity contribution >= 4 is 0 Å². The van der Waals surface area contributed by atoms with Gasteiger partial charge in [0.1, 0.15) is 0 Å². The Labute approximate surface area is 114 Å². The third-order valence-corrected chi connectivity index (χ3v) is 3.28. The molecule has 0 amide bonds. The summed E-state index contributed by atoms with van der Waals surface area (Å²) in [6.07, 6.45) is 2.79. The molecule has 0 aliphatic carbocycles. The van der Waals surface area contributed by atoms with Gasteiger partial charge < -0.3 is 0 Å². The first-order valence-corrected chi connectivity index (χ1v) is 6.97. The van der Waals surface area contributed by atoms with Crippen molar-refractivity contribution in [3.8, 4) is 11.3 Å². The molecule has 0 N–H and O–H groups in total. The Morgan fingerprint density at radius 1 is 1.21 bits per heavy atom. The first-order chi connectivity index (χ1) is 9.15. The number of hydrogen-bond donors (Lipinski definition) is 0. The van der Waals surface area contributed by atoms with Crippen LogP contribution in [-0.4, -0.2) is 9.78 Å². The molecule has 0 unspecified atom stereocenters. The minimum Gasteiger partial charge on any atom is -0.259 e. The summed E-state index contributed by atoms with van der Waals surface area (Å²) in [5.74, 6) is -0.319. The smallest absolute Gasteiger partial charge is 0.236 e. The molecule has 2 rings (SSSR count). The van der Waals surface area contributed by atoms with E-state index in [1.807, 2.05) is 44.2 Å². The Balaban J connectivity index is 2.54. The molecule has 2 aromatic rings. The quantitative estimate of drug-likeness (QED) is 0.767. The minimum atomic E-state index is -0.319. The van der Waals surface area contributed by atoms with E-state index in [0.29, 0.717) is 0 Å². The zero-order chi connectivity index (χ0) is 13.8. The first kappa shape index (κ1) is 13.8. The van der Waals surface area contributed by atoms with Gasteiger partial charge in [-0.1, -0.05) is 43.7 Å². The maximum absolute atomic E-state index is 14.1. The molecular formula is C16H21FN2. The molecule has 0 saturated carbocycles. The fourth-order valence-corrected chi connectivity index (χ4v) is 2.29. The highest BCUT2D eigenvalue weighted by Gasteiger charge is 2.20. The second-order valence-corrected chi connectivity index (χ2v) is 5.13. The van der Waals surface area contributed by atoms with Crippen LogP contribution in [0, 0.1) is 5.95 Å². The van der Waals surface area contributed by atoms with E-state index in [9.17, 15) is 4.39 Å². The van der Waals surface area contributed by atoms with Crippen LogP contribution in [0.2, 0.25) is 0 Å². The number of aromatic nitrogens is 2. The van der Waals surface area contributed by atoms with Crippen molar-refractivity contribution < 1.29 is 4.39 Å². The van der Waals surface area contributed by atoms with E-state index in [4.69, 9.17) is 0 Å². The van der Waals surface area contributed by atoms with Gasteiger partial charge in [-0.2, -0.15) is 4.39 Å². The number of benzene rings is 1. The number of halogens is 1. The van der Waals surface area contributed by atoms with Gasteiger partial charge in [0, 0.05) is 17.2 Å². The summed E-state index contributed by atoms with van der Waals surface area (Å²) in [4.78, 5) is 0. The fourth-order valence-electron chi connectivity index (χ4n) is 2.29. The Kier molecular flexibility index (Phi) is 4.35. The first-order valence-electron chi connectivity index (χ1n) is 6.97. The number of hydrogen-bond acceptors (Lipinski definition) is 1. The van der Waals surface area contributed by atoms with Gasteiger partial charge in [-0.3, -0.25) is 4.68 Å². The SMILES string of the molecule is CCCCc1c(F)nn(C(C)C)c1-c1ccccc1. The maximum atomic E-state index is 14.1. The van der Waals surface area contributed by atoms with E-state index in [1.54, 1.807) is 4.68 Å².